The summed E-state index contributed by atoms with van der Waals surface area (Å²) in [6.45, 7) is 2.41. The molecule has 108 valence electrons. The third kappa shape index (κ3) is 2.36. The summed E-state index contributed by atoms with van der Waals surface area (Å²) in [5, 5.41) is 0. The highest BCUT2D eigenvalue weighted by atomic mass is 19.1. The molecule has 0 bridgehead atoms. The molecule has 20 heavy (non-hydrogen) atoms. The molecule has 3 rings (SSSR count). The third-order valence-electron chi connectivity index (χ3n) is 3.66. The van der Waals surface area contributed by atoms with Crippen LogP contribution in [0.1, 0.15) is 0 Å². The van der Waals surface area contributed by atoms with E-state index in [1.54, 1.807) is 11.0 Å². The SMILES string of the molecule is CN1CCN(C(=O)C2COCCO2)c2cc(F)ccc21. The summed E-state index contributed by atoms with van der Waals surface area (Å²) in [6.07, 6.45) is -0.594. The van der Waals surface area contributed by atoms with Gasteiger partial charge in [-0.25, -0.2) is 4.39 Å². The molecule has 2 aliphatic heterocycles. The van der Waals surface area contributed by atoms with Crippen molar-refractivity contribution >= 4 is 17.3 Å². The minimum Gasteiger partial charge on any atom is -0.376 e. The Balaban J connectivity index is 1.89. The van der Waals surface area contributed by atoms with Crippen molar-refractivity contribution in [3.63, 3.8) is 0 Å². The van der Waals surface area contributed by atoms with Crippen molar-refractivity contribution in [2.45, 2.75) is 6.10 Å². The van der Waals surface area contributed by atoms with Crippen LogP contribution in [-0.4, -0.2) is 52.0 Å². The fraction of sp³-hybridized carbons (Fsp3) is 0.500. The van der Waals surface area contributed by atoms with Crippen LogP contribution in [0.4, 0.5) is 15.8 Å². The zero-order valence-corrected chi connectivity index (χ0v) is 11.3. The van der Waals surface area contributed by atoms with Gasteiger partial charge in [0, 0.05) is 20.1 Å². The van der Waals surface area contributed by atoms with Crippen LogP contribution in [0.2, 0.25) is 0 Å². The Morgan fingerprint density at radius 3 is 2.90 bits per heavy atom. The van der Waals surface area contributed by atoms with Crippen molar-refractivity contribution in [3.05, 3.63) is 24.0 Å². The fourth-order valence-electron chi connectivity index (χ4n) is 2.56. The molecule has 0 N–H and O–H groups in total. The molecule has 2 heterocycles. The van der Waals surface area contributed by atoms with Crippen LogP contribution in [-0.2, 0) is 14.3 Å². The normalized spacial score (nSPS) is 22.6. The van der Waals surface area contributed by atoms with Crippen molar-refractivity contribution in [1.82, 2.24) is 0 Å². The van der Waals surface area contributed by atoms with Crippen molar-refractivity contribution < 1.29 is 18.7 Å². The quantitative estimate of drug-likeness (QED) is 0.770. The smallest absolute Gasteiger partial charge is 0.258 e. The molecule has 5 nitrogen and oxygen atoms in total. The maximum absolute atomic E-state index is 13.5. The van der Waals surface area contributed by atoms with Crippen LogP contribution in [0.25, 0.3) is 0 Å². The number of ether oxygens (including phenoxy) is 2. The van der Waals surface area contributed by atoms with Gasteiger partial charge in [-0.3, -0.25) is 4.79 Å². The van der Waals surface area contributed by atoms with Gasteiger partial charge in [-0.1, -0.05) is 0 Å². The first kappa shape index (κ1) is 13.3. The lowest BCUT2D eigenvalue weighted by atomic mass is 10.1. The van der Waals surface area contributed by atoms with Crippen molar-refractivity contribution in [2.75, 3.05) is 49.8 Å². The Hall–Kier alpha value is -1.66. The van der Waals surface area contributed by atoms with Gasteiger partial charge in [-0.2, -0.15) is 0 Å². The van der Waals surface area contributed by atoms with Crippen LogP contribution in [0.5, 0.6) is 0 Å². The monoisotopic (exact) mass is 280 g/mol. The lowest BCUT2D eigenvalue weighted by Crippen LogP contribution is -2.50. The Labute approximate surface area is 116 Å². The number of benzene rings is 1. The van der Waals surface area contributed by atoms with Gasteiger partial charge in [0.2, 0.25) is 0 Å². The van der Waals surface area contributed by atoms with E-state index in [4.69, 9.17) is 9.47 Å². The highest BCUT2D eigenvalue weighted by Gasteiger charge is 2.32. The maximum atomic E-state index is 13.5. The van der Waals surface area contributed by atoms with E-state index in [0.717, 1.165) is 5.69 Å². The van der Waals surface area contributed by atoms with E-state index in [-0.39, 0.29) is 18.3 Å². The van der Waals surface area contributed by atoms with Gasteiger partial charge in [-0.05, 0) is 18.2 Å². The number of carbonyl (C=O) groups excluding carboxylic acids is 1. The average molecular weight is 280 g/mol. The standard InChI is InChI=1S/C14H17FN2O3/c1-16-4-5-17(12-8-10(15)2-3-11(12)16)14(18)13-9-19-6-7-20-13/h2-3,8,13H,4-7,9H2,1H3. The molecule has 6 heteroatoms. The minimum absolute atomic E-state index is 0.162. The Bertz CT molecular complexity index is 517. The minimum atomic E-state index is -0.594. The Kier molecular flexibility index (Phi) is 3.58. The first-order valence-corrected chi connectivity index (χ1v) is 6.68. The second kappa shape index (κ2) is 5.38. The van der Waals surface area contributed by atoms with Gasteiger partial charge in [0.1, 0.15) is 5.82 Å². The van der Waals surface area contributed by atoms with Crippen LogP contribution in [0, 0.1) is 5.82 Å². The van der Waals surface area contributed by atoms with Gasteiger partial charge in [0.25, 0.3) is 5.91 Å². The van der Waals surface area contributed by atoms with Crippen molar-refractivity contribution in [2.24, 2.45) is 0 Å². The lowest BCUT2D eigenvalue weighted by Gasteiger charge is -2.37. The number of anilines is 2. The summed E-state index contributed by atoms with van der Waals surface area (Å²) in [6, 6.07) is 4.50. The molecular formula is C14H17FN2O3. The summed E-state index contributed by atoms with van der Waals surface area (Å²) in [4.78, 5) is 16.1. The van der Waals surface area contributed by atoms with E-state index in [9.17, 15) is 9.18 Å². The molecule has 1 saturated heterocycles. The second-order valence-corrected chi connectivity index (χ2v) is 4.98. The van der Waals surface area contributed by atoms with E-state index < -0.39 is 6.10 Å². The van der Waals surface area contributed by atoms with Crippen LogP contribution in [0.3, 0.4) is 0 Å². The number of rotatable bonds is 1. The van der Waals surface area contributed by atoms with Gasteiger partial charge < -0.3 is 19.3 Å². The van der Waals surface area contributed by atoms with E-state index >= 15 is 0 Å². The highest BCUT2D eigenvalue weighted by Crippen LogP contribution is 2.33. The number of hydrogen-bond donors (Lipinski definition) is 0. The van der Waals surface area contributed by atoms with Gasteiger partial charge in [0.05, 0.1) is 31.2 Å². The molecule has 0 aliphatic carbocycles. The van der Waals surface area contributed by atoms with Gasteiger partial charge in [0.15, 0.2) is 6.10 Å². The Morgan fingerprint density at radius 2 is 2.15 bits per heavy atom. The fourth-order valence-corrected chi connectivity index (χ4v) is 2.56. The molecule has 1 aromatic rings. The predicted molar refractivity (Wildman–Crippen MR) is 72.6 cm³/mol. The van der Waals surface area contributed by atoms with E-state index in [0.29, 0.717) is 32.0 Å². The number of halogens is 1. The Morgan fingerprint density at radius 1 is 1.30 bits per heavy atom. The molecule has 0 radical (unpaired) electrons. The molecular weight excluding hydrogens is 263 g/mol. The van der Waals surface area contributed by atoms with Crippen molar-refractivity contribution in [3.8, 4) is 0 Å². The summed E-state index contributed by atoms with van der Waals surface area (Å²) in [5.74, 6) is -0.512. The molecule has 1 fully saturated rings. The molecule has 1 unspecified atom stereocenters. The van der Waals surface area contributed by atoms with Gasteiger partial charge in [-0.15, -0.1) is 0 Å². The maximum Gasteiger partial charge on any atom is 0.258 e. The zero-order chi connectivity index (χ0) is 14.1. The third-order valence-corrected chi connectivity index (χ3v) is 3.66. The molecule has 1 amide bonds. The zero-order valence-electron chi connectivity index (χ0n) is 11.3. The first-order valence-electron chi connectivity index (χ1n) is 6.68. The largest absolute Gasteiger partial charge is 0.376 e. The number of fused-ring (bicyclic) bond motifs is 1. The second-order valence-electron chi connectivity index (χ2n) is 4.98. The summed E-state index contributed by atoms with van der Waals surface area (Å²) in [7, 11) is 1.93. The van der Waals surface area contributed by atoms with Crippen LogP contribution >= 0.6 is 0 Å². The van der Waals surface area contributed by atoms with Crippen molar-refractivity contribution in [1.29, 1.82) is 0 Å². The molecule has 0 spiro atoms. The number of likely N-dealkylation sites (N-methyl/N-ethyl adjacent to an activating group) is 1. The highest BCUT2D eigenvalue weighted by molar-refractivity contribution is 6.00. The molecule has 1 atom stereocenters. The number of amides is 1. The first-order chi connectivity index (χ1) is 9.66. The number of hydrogen-bond acceptors (Lipinski definition) is 4. The van der Waals surface area contributed by atoms with E-state index in [1.165, 1.54) is 12.1 Å². The summed E-state index contributed by atoms with van der Waals surface area (Å²) >= 11 is 0. The van der Waals surface area contributed by atoms with E-state index in [2.05, 4.69) is 0 Å². The van der Waals surface area contributed by atoms with Crippen LogP contribution in [0.15, 0.2) is 18.2 Å². The molecule has 1 aromatic carbocycles. The molecule has 2 aliphatic rings. The number of carbonyl (C=O) groups is 1. The molecule has 0 aromatic heterocycles. The summed E-state index contributed by atoms with van der Waals surface area (Å²) < 4.78 is 24.2. The molecule has 0 saturated carbocycles. The van der Waals surface area contributed by atoms with Crippen LogP contribution < -0.4 is 9.80 Å². The lowest BCUT2D eigenvalue weighted by molar-refractivity contribution is -0.144. The van der Waals surface area contributed by atoms with E-state index in [1.807, 2.05) is 11.9 Å². The topological polar surface area (TPSA) is 42.0 Å². The summed E-state index contributed by atoms with van der Waals surface area (Å²) in [5.41, 5.74) is 1.45. The van der Waals surface area contributed by atoms with Gasteiger partial charge >= 0.3 is 0 Å². The average Bonchev–Trinajstić information content (AvgIpc) is 2.48. The predicted octanol–water partition coefficient (Wildman–Crippen LogP) is 1.02. The number of nitrogens with zero attached hydrogens (tertiary/aromatic N) is 2.